The third kappa shape index (κ3) is 6.07. The number of nitrogens with zero attached hydrogens (tertiary/aromatic N) is 1. The number of nitrogens with one attached hydrogen (secondary N) is 1. The minimum Gasteiger partial charge on any atom is -0.462 e. The Morgan fingerprint density at radius 3 is 2.10 bits per heavy atom. The zero-order valence-electron chi connectivity index (χ0n) is 16.1. The minimum atomic E-state index is -0.445. The number of hydrogen-bond donors (Lipinski definition) is 1. The molecule has 1 heterocycles. The Labute approximate surface area is 169 Å². The number of esters is 2. The van der Waals surface area contributed by atoms with Crippen LogP contribution in [0.1, 0.15) is 23.2 Å². The molecule has 2 amide bonds. The van der Waals surface area contributed by atoms with Gasteiger partial charge in [-0.2, -0.15) is 0 Å². The number of ether oxygens (including phenoxy) is 2. The van der Waals surface area contributed by atoms with E-state index in [0.29, 0.717) is 31.5 Å². The summed E-state index contributed by atoms with van der Waals surface area (Å²) < 4.78 is 10.3. The largest absolute Gasteiger partial charge is 0.462 e. The van der Waals surface area contributed by atoms with Gasteiger partial charge in [0, 0.05) is 18.8 Å². The van der Waals surface area contributed by atoms with Gasteiger partial charge in [0.2, 0.25) is 0 Å². The van der Waals surface area contributed by atoms with E-state index in [1.54, 1.807) is 29.2 Å². The van der Waals surface area contributed by atoms with Gasteiger partial charge >= 0.3 is 18.0 Å². The van der Waals surface area contributed by atoms with E-state index < -0.39 is 5.97 Å². The van der Waals surface area contributed by atoms with Gasteiger partial charge in [-0.1, -0.05) is 36.4 Å². The van der Waals surface area contributed by atoms with Crippen LogP contribution in [0.2, 0.25) is 0 Å². The second kappa shape index (κ2) is 10.3. The second-order valence-electron chi connectivity index (χ2n) is 6.73. The van der Waals surface area contributed by atoms with Gasteiger partial charge < -0.3 is 19.7 Å². The van der Waals surface area contributed by atoms with E-state index in [-0.39, 0.29) is 31.1 Å². The predicted octanol–water partition coefficient (Wildman–Crippen LogP) is 3.33. The predicted molar refractivity (Wildman–Crippen MR) is 107 cm³/mol. The first-order chi connectivity index (χ1) is 14.1. The number of carbonyl (C=O) groups excluding carboxylic acids is 3. The van der Waals surface area contributed by atoms with Gasteiger partial charge in [0.25, 0.3) is 0 Å². The van der Waals surface area contributed by atoms with E-state index in [2.05, 4.69) is 5.32 Å². The molecule has 1 aliphatic rings. The maximum absolute atomic E-state index is 12.3. The zero-order chi connectivity index (χ0) is 20.5. The Hall–Kier alpha value is -3.35. The third-order valence-corrected chi connectivity index (χ3v) is 4.71. The number of benzene rings is 2. The lowest BCUT2D eigenvalue weighted by atomic mass is 9.97. The molecule has 1 N–H and O–H groups in total. The molecule has 0 bridgehead atoms. The van der Waals surface area contributed by atoms with Gasteiger partial charge in [0.1, 0.15) is 13.2 Å². The van der Waals surface area contributed by atoms with Crippen molar-refractivity contribution >= 4 is 23.7 Å². The van der Waals surface area contributed by atoms with E-state index in [4.69, 9.17) is 9.47 Å². The molecule has 0 radical (unpaired) electrons. The lowest BCUT2D eigenvalue weighted by molar-refractivity contribution is -0.151. The van der Waals surface area contributed by atoms with Gasteiger partial charge in [0.15, 0.2) is 0 Å². The van der Waals surface area contributed by atoms with Crippen molar-refractivity contribution in [2.75, 3.05) is 31.6 Å². The summed E-state index contributed by atoms with van der Waals surface area (Å²) in [5.41, 5.74) is 1.20. The summed E-state index contributed by atoms with van der Waals surface area (Å²) in [6, 6.07) is 17.7. The lowest BCUT2D eigenvalue weighted by Gasteiger charge is -2.30. The average molecular weight is 396 g/mol. The van der Waals surface area contributed by atoms with Crippen molar-refractivity contribution in [3.63, 3.8) is 0 Å². The highest BCUT2D eigenvalue weighted by Crippen LogP contribution is 2.19. The van der Waals surface area contributed by atoms with E-state index in [1.165, 1.54) is 0 Å². The number of para-hydroxylation sites is 1. The number of piperidine rings is 1. The van der Waals surface area contributed by atoms with Crippen LogP contribution in [-0.2, 0) is 14.3 Å². The van der Waals surface area contributed by atoms with Crippen molar-refractivity contribution in [3.8, 4) is 0 Å². The van der Waals surface area contributed by atoms with Crippen LogP contribution in [-0.4, -0.2) is 49.2 Å². The summed E-state index contributed by atoms with van der Waals surface area (Å²) in [6.07, 6.45) is 1.09. The molecule has 152 valence electrons. The summed E-state index contributed by atoms with van der Waals surface area (Å²) in [5, 5.41) is 2.84. The fourth-order valence-electron chi connectivity index (χ4n) is 3.09. The normalized spacial score (nSPS) is 14.1. The highest BCUT2D eigenvalue weighted by Gasteiger charge is 2.28. The van der Waals surface area contributed by atoms with Crippen LogP contribution >= 0.6 is 0 Å². The van der Waals surface area contributed by atoms with Crippen molar-refractivity contribution in [1.29, 1.82) is 0 Å². The molecule has 29 heavy (non-hydrogen) atoms. The Balaban J connectivity index is 1.33. The van der Waals surface area contributed by atoms with E-state index in [9.17, 15) is 14.4 Å². The smallest absolute Gasteiger partial charge is 0.338 e. The van der Waals surface area contributed by atoms with Crippen LogP contribution in [0.5, 0.6) is 0 Å². The Kier molecular flexibility index (Phi) is 7.22. The Morgan fingerprint density at radius 2 is 1.45 bits per heavy atom. The topological polar surface area (TPSA) is 84.9 Å². The fourth-order valence-corrected chi connectivity index (χ4v) is 3.09. The van der Waals surface area contributed by atoms with E-state index in [0.717, 1.165) is 5.69 Å². The molecule has 2 aromatic carbocycles. The van der Waals surface area contributed by atoms with Crippen LogP contribution < -0.4 is 5.32 Å². The van der Waals surface area contributed by atoms with Crippen molar-refractivity contribution < 1.29 is 23.9 Å². The fraction of sp³-hybridized carbons (Fsp3) is 0.318. The molecule has 2 aromatic rings. The van der Waals surface area contributed by atoms with Crippen LogP contribution in [0.3, 0.4) is 0 Å². The molecule has 0 unspecified atom stereocenters. The molecular weight excluding hydrogens is 372 g/mol. The van der Waals surface area contributed by atoms with Gasteiger partial charge in [-0.3, -0.25) is 4.79 Å². The van der Waals surface area contributed by atoms with E-state index in [1.807, 2.05) is 36.4 Å². The quantitative estimate of drug-likeness (QED) is 0.598. The zero-order valence-corrected chi connectivity index (χ0v) is 16.1. The highest BCUT2D eigenvalue weighted by atomic mass is 16.6. The number of hydrogen-bond acceptors (Lipinski definition) is 5. The number of urea groups is 1. The van der Waals surface area contributed by atoms with Gasteiger partial charge in [-0.15, -0.1) is 0 Å². The molecule has 0 saturated carbocycles. The second-order valence-corrected chi connectivity index (χ2v) is 6.73. The first kappa shape index (κ1) is 20.4. The molecule has 3 rings (SSSR count). The number of rotatable bonds is 6. The highest BCUT2D eigenvalue weighted by molar-refractivity contribution is 5.90. The van der Waals surface area contributed by atoms with Crippen LogP contribution in [0, 0.1) is 5.92 Å². The molecule has 7 nitrogen and oxygen atoms in total. The van der Waals surface area contributed by atoms with Gasteiger partial charge in [-0.25, -0.2) is 9.59 Å². The van der Waals surface area contributed by atoms with E-state index >= 15 is 0 Å². The summed E-state index contributed by atoms with van der Waals surface area (Å²) >= 11 is 0. The van der Waals surface area contributed by atoms with Crippen molar-refractivity contribution in [2.24, 2.45) is 5.92 Å². The van der Waals surface area contributed by atoms with Crippen LogP contribution in [0.25, 0.3) is 0 Å². The number of amides is 2. The molecular formula is C22H24N2O5. The first-order valence-electron chi connectivity index (χ1n) is 9.63. The number of carbonyl (C=O) groups is 3. The summed E-state index contributed by atoms with van der Waals surface area (Å²) in [4.78, 5) is 38.0. The monoisotopic (exact) mass is 396 g/mol. The molecule has 1 aliphatic heterocycles. The Bertz CT molecular complexity index is 818. The average Bonchev–Trinajstić information content (AvgIpc) is 2.77. The standard InChI is InChI=1S/C22H24N2O5/c25-20(17-7-3-1-4-8-17)28-15-16-29-21(26)18-11-13-24(14-12-18)22(27)23-19-9-5-2-6-10-19/h1-10,18H,11-16H2,(H,23,27). The molecule has 1 saturated heterocycles. The summed E-state index contributed by atoms with van der Waals surface area (Å²) in [5.74, 6) is -1.01. The van der Waals surface area contributed by atoms with Crippen LogP contribution in [0.15, 0.2) is 60.7 Å². The van der Waals surface area contributed by atoms with Gasteiger partial charge in [-0.05, 0) is 37.1 Å². The number of likely N-dealkylation sites (tertiary alicyclic amines) is 1. The SMILES string of the molecule is O=C(OCCOC(=O)C1CCN(C(=O)Nc2ccccc2)CC1)c1ccccc1. The lowest BCUT2D eigenvalue weighted by Crippen LogP contribution is -2.42. The first-order valence-corrected chi connectivity index (χ1v) is 9.63. The maximum atomic E-state index is 12.3. The summed E-state index contributed by atoms with van der Waals surface area (Å²) in [6.45, 7) is 1.01. The molecule has 0 atom stereocenters. The Morgan fingerprint density at radius 1 is 0.862 bits per heavy atom. The maximum Gasteiger partial charge on any atom is 0.338 e. The van der Waals surface area contributed by atoms with Crippen molar-refractivity contribution in [1.82, 2.24) is 4.90 Å². The van der Waals surface area contributed by atoms with Crippen molar-refractivity contribution in [3.05, 3.63) is 66.2 Å². The van der Waals surface area contributed by atoms with Gasteiger partial charge in [0.05, 0.1) is 11.5 Å². The van der Waals surface area contributed by atoms with Crippen LogP contribution in [0.4, 0.5) is 10.5 Å². The molecule has 0 spiro atoms. The number of anilines is 1. The third-order valence-electron chi connectivity index (χ3n) is 4.71. The molecule has 0 aromatic heterocycles. The molecule has 0 aliphatic carbocycles. The molecule has 1 fully saturated rings. The van der Waals surface area contributed by atoms with Crippen molar-refractivity contribution in [2.45, 2.75) is 12.8 Å². The molecule has 7 heteroatoms. The summed E-state index contributed by atoms with van der Waals surface area (Å²) in [7, 11) is 0. The minimum absolute atomic E-state index is 0.0117.